The molecule has 0 aliphatic heterocycles. The van der Waals surface area contributed by atoms with Gasteiger partial charge in [0.1, 0.15) is 0 Å². The molecule has 2 aliphatic carbocycles. The lowest BCUT2D eigenvalue weighted by Crippen LogP contribution is -2.45. The fourth-order valence-corrected chi connectivity index (χ4v) is 3.88. The predicted octanol–water partition coefficient (Wildman–Crippen LogP) is 3.24. The lowest BCUT2D eigenvalue weighted by atomic mass is 9.88. The SMILES string of the molecule is O=C(NC1CCCCC1O)c1cccc(NC(=O)C2CCCCC2)c1. The Bertz CT molecular complexity index is 611. The zero-order chi connectivity index (χ0) is 17.6. The van der Waals surface area contributed by atoms with E-state index in [0.29, 0.717) is 11.3 Å². The van der Waals surface area contributed by atoms with Crippen LogP contribution in [0.15, 0.2) is 24.3 Å². The first-order valence-corrected chi connectivity index (χ1v) is 9.53. The zero-order valence-corrected chi connectivity index (χ0v) is 14.7. The fraction of sp³-hybridized carbons (Fsp3) is 0.600. The van der Waals surface area contributed by atoms with E-state index in [1.807, 2.05) is 6.07 Å². The van der Waals surface area contributed by atoms with Gasteiger partial charge in [-0.25, -0.2) is 0 Å². The molecule has 136 valence electrons. The summed E-state index contributed by atoms with van der Waals surface area (Å²) in [7, 11) is 0. The number of hydrogen-bond acceptors (Lipinski definition) is 3. The van der Waals surface area contributed by atoms with Crippen LogP contribution in [0.1, 0.15) is 68.1 Å². The first kappa shape index (κ1) is 17.9. The van der Waals surface area contributed by atoms with Gasteiger partial charge in [-0.05, 0) is 43.9 Å². The highest BCUT2D eigenvalue weighted by molar-refractivity contribution is 5.97. The van der Waals surface area contributed by atoms with Gasteiger partial charge in [0.15, 0.2) is 0 Å². The lowest BCUT2D eigenvalue weighted by Gasteiger charge is -2.28. The van der Waals surface area contributed by atoms with Crippen molar-refractivity contribution in [3.63, 3.8) is 0 Å². The Morgan fingerprint density at radius 1 is 0.960 bits per heavy atom. The molecular formula is C20H28N2O3. The summed E-state index contributed by atoms with van der Waals surface area (Å²) in [5, 5.41) is 15.9. The number of hydrogen-bond donors (Lipinski definition) is 3. The second-order valence-corrected chi connectivity index (χ2v) is 7.34. The fourth-order valence-electron chi connectivity index (χ4n) is 3.88. The number of rotatable bonds is 4. The van der Waals surface area contributed by atoms with Crippen LogP contribution in [0.4, 0.5) is 5.69 Å². The summed E-state index contributed by atoms with van der Waals surface area (Å²) in [6, 6.07) is 6.86. The normalized spacial score (nSPS) is 24.5. The van der Waals surface area contributed by atoms with Gasteiger partial charge in [0, 0.05) is 17.2 Å². The van der Waals surface area contributed by atoms with Gasteiger partial charge in [0.25, 0.3) is 5.91 Å². The summed E-state index contributed by atoms with van der Waals surface area (Å²) in [5.41, 5.74) is 1.17. The van der Waals surface area contributed by atoms with Gasteiger partial charge in [0.05, 0.1) is 12.1 Å². The maximum absolute atomic E-state index is 12.5. The Balaban J connectivity index is 1.60. The van der Waals surface area contributed by atoms with Crippen LogP contribution in [0.3, 0.4) is 0 Å². The van der Waals surface area contributed by atoms with Crippen LogP contribution in [0.2, 0.25) is 0 Å². The summed E-state index contributed by atoms with van der Waals surface area (Å²) in [6.07, 6.45) is 8.47. The van der Waals surface area contributed by atoms with E-state index in [0.717, 1.165) is 51.4 Å². The van der Waals surface area contributed by atoms with Crippen molar-refractivity contribution in [3.05, 3.63) is 29.8 Å². The third-order valence-electron chi connectivity index (χ3n) is 5.41. The number of aliphatic hydroxyl groups is 1. The Morgan fingerprint density at radius 3 is 2.44 bits per heavy atom. The molecule has 2 atom stereocenters. The number of anilines is 1. The summed E-state index contributed by atoms with van der Waals surface area (Å²) in [5.74, 6) is -0.0525. The van der Waals surface area contributed by atoms with Crippen LogP contribution in [-0.4, -0.2) is 29.1 Å². The molecule has 2 saturated carbocycles. The maximum Gasteiger partial charge on any atom is 0.251 e. The van der Waals surface area contributed by atoms with Gasteiger partial charge in [-0.2, -0.15) is 0 Å². The van der Waals surface area contributed by atoms with Crippen LogP contribution in [-0.2, 0) is 4.79 Å². The average Bonchev–Trinajstić information content (AvgIpc) is 2.64. The van der Waals surface area contributed by atoms with E-state index in [1.165, 1.54) is 6.42 Å². The average molecular weight is 344 g/mol. The number of carbonyl (C=O) groups is 2. The molecule has 2 fully saturated rings. The molecule has 0 aromatic heterocycles. The first-order valence-electron chi connectivity index (χ1n) is 9.53. The van der Waals surface area contributed by atoms with E-state index >= 15 is 0 Å². The summed E-state index contributed by atoms with van der Waals surface area (Å²) in [6.45, 7) is 0. The smallest absolute Gasteiger partial charge is 0.251 e. The Kier molecular flexibility index (Phi) is 6.08. The zero-order valence-electron chi connectivity index (χ0n) is 14.7. The number of aliphatic hydroxyl groups excluding tert-OH is 1. The minimum absolute atomic E-state index is 0.0555. The van der Waals surface area contributed by atoms with Crippen LogP contribution < -0.4 is 10.6 Å². The Hall–Kier alpha value is -1.88. The van der Waals surface area contributed by atoms with Crippen molar-refractivity contribution in [3.8, 4) is 0 Å². The molecule has 1 aromatic carbocycles. The molecule has 0 saturated heterocycles. The third-order valence-corrected chi connectivity index (χ3v) is 5.41. The van der Waals surface area contributed by atoms with Crippen molar-refractivity contribution in [2.24, 2.45) is 5.92 Å². The van der Waals surface area contributed by atoms with E-state index in [4.69, 9.17) is 0 Å². The van der Waals surface area contributed by atoms with Gasteiger partial charge in [-0.1, -0.05) is 38.2 Å². The van der Waals surface area contributed by atoms with Gasteiger partial charge < -0.3 is 15.7 Å². The molecule has 0 heterocycles. The van der Waals surface area contributed by atoms with Crippen molar-refractivity contribution in [1.82, 2.24) is 5.32 Å². The van der Waals surface area contributed by atoms with Gasteiger partial charge in [-0.3, -0.25) is 9.59 Å². The summed E-state index contributed by atoms with van der Waals surface area (Å²) < 4.78 is 0. The minimum Gasteiger partial charge on any atom is -0.391 e. The topological polar surface area (TPSA) is 78.4 Å². The van der Waals surface area contributed by atoms with Crippen molar-refractivity contribution in [2.75, 3.05) is 5.32 Å². The molecule has 3 N–H and O–H groups in total. The molecule has 2 amide bonds. The molecular weight excluding hydrogens is 316 g/mol. The van der Waals surface area contributed by atoms with Crippen LogP contribution in [0, 0.1) is 5.92 Å². The van der Waals surface area contributed by atoms with Crippen molar-refractivity contribution in [1.29, 1.82) is 0 Å². The number of carbonyl (C=O) groups excluding carboxylic acids is 2. The van der Waals surface area contributed by atoms with Crippen LogP contribution in [0.25, 0.3) is 0 Å². The van der Waals surface area contributed by atoms with Gasteiger partial charge >= 0.3 is 0 Å². The minimum atomic E-state index is -0.466. The van der Waals surface area contributed by atoms with E-state index in [1.54, 1.807) is 18.2 Å². The standard InChI is InChI=1S/C20H28N2O3/c23-18-12-5-4-11-17(18)22-20(25)15-9-6-10-16(13-15)21-19(24)14-7-2-1-3-8-14/h6,9-10,13-14,17-18,23H,1-5,7-8,11-12H2,(H,21,24)(H,22,25). The lowest BCUT2D eigenvalue weighted by molar-refractivity contribution is -0.120. The van der Waals surface area contributed by atoms with Crippen LogP contribution >= 0.6 is 0 Å². The van der Waals surface area contributed by atoms with E-state index in [9.17, 15) is 14.7 Å². The first-order chi connectivity index (χ1) is 12.1. The molecule has 0 radical (unpaired) electrons. The molecule has 2 aliphatic rings. The van der Waals surface area contributed by atoms with E-state index in [2.05, 4.69) is 10.6 Å². The number of amides is 2. The van der Waals surface area contributed by atoms with E-state index in [-0.39, 0.29) is 23.8 Å². The molecule has 1 aromatic rings. The van der Waals surface area contributed by atoms with Crippen LogP contribution in [0.5, 0.6) is 0 Å². The molecule has 0 spiro atoms. The maximum atomic E-state index is 12.5. The Labute approximate surface area is 149 Å². The number of benzene rings is 1. The highest BCUT2D eigenvalue weighted by atomic mass is 16.3. The highest BCUT2D eigenvalue weighted by Crippen LogP contribution is 2.25. The number of nitrogens with one attached hydrogen (secondary N) is 2. The molecule has 3 rings (SSSR count). The van der Waals surface area contributed by atoms with Crippen molar-refractivity contribution < 1.29 is 14.7 Å². The third kappa shape index (κ3) is 4.82. The van der Waals surface area contributed by atoms with E-state index < -0.39 is 6.10 Å². The van der Waals surface area contributed by atoms with Crippen molar-refractivity contribution >= 4 is 17.5 Å². The molecule has 2 unspecified atom stereocenters. The van der Waals surface area contributed by atoms with Crippen molar-refractivity contribution in [2.45, 2.75) is 69.9 Å². The van der Waals surface area contributed by atoms with Gasteiger partial charge in [0.2, 0.25) is 5.91 Å². The second kappa shape index (κ2) is 8.48. The Morgan fingerprint density at radius 2 is 1.68 bits per heavy atom. The van der Waals surface area contributed by atoms with Gasteiger partial charge in [-0.15, -0.1) is 0 Å². The monoisotopic (exact) mass is 344 g/mol. The largest absolute Gasteiger partial charge is 0.391 e. The molecule has 5 nitrogen and oxygen atoms in total. The highest BCUT2D eigenvalue weighted by Gasteiger charge is 2.25. The molecule has 5 heteroatoms. The summed E-state index contributed by atoms with van der Waals surface area (Å²) >= 11 is 0. The molecule has 25 heavy (non-hydrogen) atoms. The predicted molar refractivity (Wildman–Crippen MR) is 97.4 cm³/mol. The quantitative estimate of drug-likeness (QED) is 0.784. The second-order valence-electron chi connectivity index (χ2n) is 7.34. The summed E-state index contributed by atoms with van der Waals surface area (Å²) in [4.78, 5) is 24.8. The molecule has 0 bridgehead atoms.